The Morgan fingerprint density at radius 2 is 1.58 bits per heavy atom. The normalized spacial score (nSPS) is 28.6. The summed E-state index contributed by atoms with van der Waals surface area (Å²) in [6.07, 6.45) is 4.52. The molecule has 7 atom stereocenters. The largest absolute Gasteiger partial charge is 0.394 e. The maximum atomic E-state index is 15.4. The van der Waals surface area contributed by atoms with E-state index in [2.05, 4.69) is 33.9 Å². The molecule has 3 aliphatic heterocycles. The van der Waals surface area contributed by atoms with E-state index in [9.17, 15) is 9.90 Å². The van der Waals surface area contributed by atoms with Crippen LogP contribution in [0.25, 0.3) is 0 Å². The summed E-state index contributed by atoms with van der Waals surface area (Å²) < 4.78 is 7.10. The number of rotatable bonds is 12. The lowest BCUT2D eigenvalue weighted by Crippen LogP contribution is -2.61. The van der Waals surface area contributed by atoms with Crippen molar-refractivity contribution in [2.45, 2.75) is 90.1 Å². The van der Waals surface area contributed by atoms with Gasteiger partial charge < -0.3 is 24.5 Å². The summed E-state index contributed by atoms with van der Waals surface area (Å²) >= 11 is 0. The number of fused-ring (bicyclic) bond motifs is 1. The average molecular weight is 656 g/mol. The van der Waals surface area contributed by atoms with E-state index < -0.39 is 47.3 Å². The quantitative estimate of drug-likeness (QED) is 0.276. The van der Waals surface area contributed by atoms with Crippen molar-refractivity contribution in [1.82, 2.24) is 9.80 Å². The van der Waals surface area contributed by atoms with Gasteiger partial charge in [0.25, 0.3) is 0 Å². The molecule has 8 nitrogen and oxygen atoms in total. The number of aliphatic hydroxyl groups excluding tert-OH is 1. The topological polar surface area (TPSA) is 90.4 Å². The van der Waals surface area contributed by atoms with Gasteiger partial charge in [0, 0.05) is 24.3 Å². The molecule has 5 rings (SSSR count). The maximum absolute atomic E-state index is 15.4. The summed E-state index contributed by atoms with van der Waals surface area (Å²) in [5, 5.41) is 11.0. The van der Waals surface area contributed by atoms with Crippen LogP contribution in [0, 0.1) is 23.2 Å². The number of nitrogens with zero attached hydrogens (tertiary/aromatic N) is 3. The second-order valence-corrected chi connectivity index (χ2v) is 15.9. The molecule has 3 amide bonds. The van der Waals surface area contributed by atoms with E-state index in [4.69, 9.17) is 4.74 Å². The number of carbonyl (C=O) groups is 3. The first-order valence-corrected chi connectivity index (χ1v) is 17.2. The Morgan fingerprint density at radius 1 is 1.00 bits per heavy atom. The molecular formula is C40H53N3O5. The number of hydrogen-bond acceptors (Lipinski definition) is 5. The molecule has 2 aromatic carbocycles. The Bertz CT molecular complexity index is 1530. The van der Waals surface area contributed by atoms with Crippen LogP contribution in [0.5, 0.6) is 0 Å². The minimum Gasteiger partial charge on any atom is -0.394 e. The molecule has 0 aliphatic carbocycles. The fourth-order valence-corrected chi connectivity index (χ4v) is 9.23. The molecule has 0 aromatic heterocycles. The van der Waals surface area contributed by atoms with Gasteiger partial charge in [-0.15, -0.1) is 13.2 Å². The molecule has 1 N–H and O–H groups in total. The number of likely N-dealkylation sites (tertiary alicyclic amines) is 1. The van der Waals surface area contributed by atoms with Crippen LogP contribution in [0.1, 0.15) is 72.9 Å². The molecule has 8 heteroatoms. The minimum absolute atomic E-state index is 0.0965. The van der Waals surface area contributed by atoms with Gasteiger partial charge in [-0.3, -0.25) is 14.4 Å². The van der Waals surface area contributed by atoms with Crippen molar-refractivity contribution in [3.05, 3.63) is 91.5 Å². The van der Waals surface area contributed by atoms with E-state index in [0.29, 0.717) is 24.1 Å². The SMILES string of the molecule is C=CCN(C(=O)[C@H]1[C@H]2C(=O)N([C@H](CO)c3ccccc3)C(C(=O)N(CC=C)C(C)(C)CC(C)(C)C)C23CC(C)[C@]1(C)O3)c1ccccc1. The molecule has 2 bridgehead atoms. The monoisotopic (exact) mass is 655 g/mol. The van der Waals surface area contributed by atoms with Gasteiger partial charge in [-0.2, -0.15) is 0 Å². The summed E-state index contributed by atoms with van der Waals surface area (Å²) in [5.74, 6) is -2.76. The van der Waals surface area contributed by atoms with Crippen LogP contribution in [0.3, 0.4) is 0 Å². The third-order valence-corrected chi connectivity index (χ3v) is 10.9. The summed E-state index contributed by atoms with van der Waals surface area (Å²) in [7, 11) is 0. The standard InChI is InChI=1S/C40H53N3O5/c1-10-22-41(29-20-16-13-17-21-29)34(45)31-32-35(46)43(30(25-44)28-18-14-12-15-19-28)33(40(32)24-27(3)39(31,9)48-40)36(47)42(23-11-2)38(7,8)26-37(4,5)6/h10-21,27,30-33,44H,1-2,22-26H2,3-9H3/t27?,30-,31-,32+,33?,39+,40?/m1/s1. The number of amides is 3. The molecule has 48 heavy (non-hydrogen) atoms. The Morgan fingerprint density at radius 3 is 2.12 bits per heavy atom. The summed E-state index contributed by atoms with van der Waals surface area (Å²) in [6.45, 7) is 22.5. The zero-order chi connectivity index (χ0) is 35.2. The summed E-state index contributed by atoms with van der Waals surface area (Å²) in [5.41, 5.74) is -1.57. The Kier molecular flexibility index (Phi) is 9.58. The minimum atomic E-state index is -1.28. The van der Waals surface area contributed by atoms with Crippen LogP contribution < -0.4 is 4.90 Å². The highest BCUT2D eigenvalue weighted by atomic mass is 16.5. The predicted molar refractivity (Wildman–Crippen MR) is 189 cm³/mol. The van der Waals surface area contributed by atoms with Crippen molar-refractivity contribution >= 4 is 23.4 Å². The molecule has 3 aliphatic rings. The smallest absolute Gasteiger partial charge is 0.249 e. The number of carbonyl (C=O) groups excluding carboxylic acids is 3. The number of benzene rings is 2. The van der Waals surface area contributed by atoms with Crippen LogP contribution >= 0.6 is 0 Å². The average Bonchev–Trinajstić information content (AvgIpc) is 3.54. The number of hydrogen-bond donors (Lipinski definition) is 1. The van der Waals surface area contributed by atoms with Crippen molar-refractivity contribution in [2.24, 2.45) is 23.2 Å². The van der Waals surface area contributed by atoms with Gasteiger partial charge in [0.2, 0.25) is 17.7 Å². The third-order valence-electron chi connectivity index (χ3n) is 10.9. The molecule has 3 unspecified atom stereocenters. The molecule has 1 spiro atoms. The molecule has 3 fully saturated rings. The zero-order valence-electron chi connectivity index (χ0n) is 29.7. The first-order chi connectivity index (χ1) is 22.6. The molecule has 0 radical (unpaired) electrons. The van der Waals surface area contributed by atoms with E-state index in [0.717, 1.165) is 0 Å². The summed E-state index contributed by atoms with van der Waals surface area (Å²) in [4.78, 5) is 50.4. The van der Waals surface area contributed by atoms with Crippen LogP contribution in [-0.2, 0) is 19.1 Å². The lowest BCUT2D eigenvalue weighted by Gasteiger charge is -2.46. The van der Waals surface area contributed by atoms with E-state index in [1.807, 2.05) is 93.3 Å². The van der Waals surface area contributed by atoms with Crippen molar-refractivity contribution < 1.29 is 24.2 Å². The summed E-state index contributed by atoms with van der Waals surface area (Å²) in [6, 6.07) is 16.8. The molecule has 3 heterocycles. The third kappa shape index (κ3) is 5.81. The highest BCUT2D eigenvalue weighted by Crippen LogP contribution is 2.66. The molecule has 2 aromatic rings. The van der Waals surface area contributed by atoms with Gasteiger partial charge >= 0.3 is 0 Å². The fourth-order valence-electron chi connectivity index (χ4n) is 9.23. The van der Waals surface area contributed by atoms with Gasteiger partial charge in [-0.25, -0.2) is 0 Å². The van der Waals surface area contributed by atoms with Crippen molar-refractivity contribution in [1.29, 1.82) is 0 Å². The highest BCUT2D eigenvalue weighted by molar-refractivity contribution is 6.03. The van der Waals surface area contributed by atoms with E-state index in [1.165, 1.54) is 0 Å². The Balaban J connectivity index is 1.70. The Hall–Kier alpha value is -3.75. The van der Waals surface area contributed by atoms with Gasteiger partial charge in [-0.05, 0) is 62.6 Å². The van der Waals surface area contributed by atoms with E-state index >= 15 is 9.59 Å². The number of para-hydroxylation sites is 1. The van der Waals surface area contributed by atoms with Gasteiger partial charge in [-0.1, -0.05) is 88.4 Å². The molecule has 0 saturated carbocycles. The van der Waals surface area contributed by atoms with Crippen LogP contribution in [-0.4, -0.2) is 75.1 Å². The van der Waals surface area contributed by atoms with Crippen molar-refractivity contribution in [3.63, 3.8) is 0 Å². The van der Waals surface area contributed by atoms with Crippen LogP contribution in [0.4, 0.5) is 5.69 Å². The first kappa shape index (κ1) is 35.6. The van der Waals surface area contributed by atoms with Gasteiger partial charge in [0.1, 0.15) is 11.6 Å². The van der Waals surface area contributed by atoms with Crippen LogP contribution in [0.2, 0.25) is 0 Å². The van der Waals surface area contributed by atoms with Gasteiger partial charge in [0.05, 0.1) is 30.1 Å². The van der Waals surface area contributed by atoms with Gasteiger partial charge in [0.15, 0.2) is 0 Å². The predicted octanol–water partition coefficient (Wildman–Crippen LogP) is 6.18. The van der Waals surface area contributed by atoms with E-state index in [-0.39, 0.29) is 42.1 Å². The number of ether oxygens (including phenoxy) is 1. The maximum Gasteiger partial charge on any atom is 0.249 e. The van der Waals surface area contributed by atoms with Crippen LogP contribution in [0.15, 0.2) is 86.0 Å². The lowest BCUT2D eigenvalue weighted by molar-refractivity contribution is -0.159. The van der Waals surface area contributed by atoms with Crippen molar-refractivity contribution in [3.8, 4) is 0 Å². The molecule has 258 valence electrons. The molecule has 3 saturated heterocycles. The molecular weight excluding hydrogens is 602 g/mol. The second-order valence-electron chi connectivity index (χ2n) is 15.9. The number of aliphatic hydroxyl groups is 1. The Labute approximate surface area is 286 Å². The lowest BCUT2D eigenvalue weighted by atomic mass is 9.62. The zero-order valence-corrected chi connectivity index (χ0v) is 29.7. The number of anilines is 1. The second kappa shape index (κ2) is 12.9. The van der Waals surface area contributed by atoms with E-state index in [1.54, 1.807) is 22.0 Å². The van der Waals surface area contributed by atoms with Crippen molar-refractivity contribution in [2.75, 3.05) is 24.6 Å². The fraction of sp³-hybridized carbons (Fsp3) is 0.525. The first-order valence-electron chi connectivity index (χ1n) is 17.2. The highest BCUT2D eigenvalue weighted by Gasteiger charge is 2.81.